The van der Waals surface area contributed by atoms with Gasteiger partial charge in [0.25, 0.3) is 0 Å². The second-order valence-corrected chi connectivity index (χ2v) is 6.95. The highest BCUT2D eigenvalue weighted by atomic mass is 35.5. The van der Waals surface area contributed by atoms with Gasteiger partial charge in [-0.15, -0.1) is 0 Å². The fraction of sp³-hybridized carbons (Fsp3) is 0.769. The van der Waals surface area contributed by atoms with Gasteiger partial charge < -0.3 is 10.6 Å². The summed E-state index contributed by atoms with van der Waals surface area (Å²) in [5.41, 5.74) is 5.74. The van der Waals surface area contributed by atoms with Crippen molar-refractivity contribution >= 4 is 28.1 Å². The summed E-state index contributed by atoms with van der Waals surface area (Å²) in [6.45, 7) is 6.22. The Bertz CT molecular complexity index is 430. The summed E-state index contributed by atoms with van der Waals surface area (Å²) in [5, 5.41) is 1.80. The highest BCUT2D eigenvalue weighted by molar-refractivity contribution is 7.16. The first-order valence-electron chi connectivity index (χ1n) is 7.09. The van der Waals surface area contributed by atoms with E-state index in [9.17, 15) is 0 Å². The van der Waals surface area contributed by atoms with E-state index in [1.54, 1.807) is 11.3 Å². The minimum Gasteiger partial charge on any atom is -0.348 e. The monoisotopic (exact) mass is 300 g/mol. The van der Waals surface area contributed by atoms with E-state index in [0.29, 0.717) is 11.1 Å². The highest BCUT2D eigenvalue weighted by Crippen LogP contribution is 2.33. The highest BCUT2D eigenvalue weighted by Gasteiger charge is 2.24. The van der Waals surface area contributed by atoms with Crippen molar-refractivity contribution in [2.75, 3.05) is 37.6 Å². The van der Waals surface area contributed by atoms with Gasteiger partial charge in [0.2, 0.25) is 0 Å². The maximum Gasteiger partial charge on any atom is 0.187 e. The van der Waals surface area contributed by atoms with Crippen LogP contribution in [0.25, 0.3) is 0 Å². The SMILES string of the molecule is NCC1CCN(Cc2sc(N3CCCC3)nc2Cl)C1. The molecule has 0 aromatic carbocycles. The first-order valence-corrected chi connectivity index (χ1v) is 8.28. The zero-order valence-electron chi connectivity index (χ0n) is 11.1. The van der Waals surface area contributed by atoms with Crippen molar-refractivity contribution in [3.8, 4) is 0 Å². The lowest BCUT2D eigenvalue weighted by molar-refractivity contribution is 0.320. The van der Waals surface area contributed by atoms with Crippen molar-refractivity contribution < 1.29 is 0 Å². The summed E-state index contributed by atoms with van der Waals surface area (Å²) in [6, 6.07) is 0. The Balaban J connectivity index is 1.64. The van der Waals surface area contributed by atoms with E-state index in [-0.39, 0.29) is 0 Å². The van der Waals surface area contributed by atoms with Crippen molar-refractivity contribution in [3.05, 3.63) is 10.0 Å². The topological polar surface area (TPSA) is 45.4 Å². The summed E-state index contributed by atoms with van der Waals surface area (Å²) in [4.78, 5) is 10.5. The number of rotatable bonds is 4. The van der Waals surface area contributed by atoms with Crippen LogP contribution >= 0.6 is 22.9 Å². The van der Waals surface area contributed by atoms with Gasteiger partial charge in [0.15, 0.2) is 5.13 Å². The van der Waals surface area contributed by atoms with E-state index in [2.05, 4.69) is 14.8 Å². The van der Waals surface area contributed by atoms with Gasteiger partial charge >= 0.3 is 0 Å². The Morgan fingerprint density at radius 1 is 1.32 bits per heavy atom. The van der Waals surface area contributed by atoms with Crippen LogP contribution in [0.2, 0.25) is 5.15 Å². The van der Waals surface area contributed by atoms with Gasteiger partial charge in [0.05, 0.1) is 4.88 Å². The molecule has 2 N–H and O–H groups in total. The normalized spacial score (nSPS) is 24.5. The number of halogens is 1. The molecule has 0 aliphatic carbocycles. The molecule has 1 unspecified atom stereocenters. The maximum absolute atomic E-state index is 6.29. The third-order valence-corrected chi connectivity index (χ3v) is 5.61. The molecule has 2 fully saturated rings. The van der Waals surface area contributed by atoms with Crippen LogP contribution in [0.5, 0.6) is 0 Å². The molecule has 0 amide bonds. The van der Waals surface area contributed by atoms with E-state index in [4.69, 9.17) is 17.3 Å². The molecule has 0 bridgehead atoms. The predicted octanol–water partition coefficient (Wildman–Crippen LogP) is 2.18. The lowest BCUT2D eigenvalue weighted by Crippen LogP contribution is -2.22. The molecule has 1 aromatic heterocycles. The number of thiazole rings is 1. The molecule has 0 radical (unpaired) electrons. The van der Waals surface area contributed by atoms with Gasteiger partial charge in [-0.2, -0.15) is 0 Å². The third-order valence-electron chi connectivity index (χ3n) is 4.09. The van der Waals surface area contributed by atoms with Crippen molar-refractivity contribution in [3.63, 3.8) is 0 Å². The number of nitrogens with zero attached hydrogens (tertiary/aromatic N) is 3. The fourth-order valence-electron chi connectivity index (χ4n) is 2.91. The number of nitrogens with two attached hydrogens (primary N) is 1. The number of likely N-dealkylation sites (tertiary alicyclic amines) is 1. The van der Waals surface area contributed by atoms with Crippen LogP contribution in [0, 0.1) is 5.92 Å². The van der Waals surface area contributed by atoms with Crippen molar-refractivity contribution in [1.82, 2.24) is 9.88 Å². The minimum absolute atomic E-state index is 0.657. The largest absolute Gasteiger partial charge is 0.348 e. The summed E-state index contributed by atoms with van der Waals surface area (Å²) < 4.78 is 0. The molecule has 3 rings (SSSR count). The van der Waals surface area contributed by atoms with Gasteiger partial charge in [-0.25, -0.2) is 4.98 Å². The molecule has 1 atom stereocenters. The zero-order chi connectivity index (χ0) is 13.2. The molecular weight excluding hydrogens is 280 g/mol. The van der Waals surface area contributed by atoms with Crippen LogP contribution in [-0.2, 0) is 6.54 Å². The van der Waals surface area contributed by atoms with Crippen molar-refractivity contribution in [2.45, 2.75) is 25.8 Å². The van der Waals surface area contributed by atoms with Crippen LogP contribution in [0.15, 0.2) is 0 Å². The second kappa shape index (κ2) is 5.95. The number of aromatic nitrogens is 1. The Morgan fingerprint density at radius 2 is 2.11 bits per heavy atom. The van der Waals surface area contributed by atoms with E-state index in [1.807, 2.05) is 0 Å². The van der Waals surface area contributed by atoms with Crippen LogP contribution in [0.3, 0.4) is 0 Å². The molecule has 0 saturated carbocycles. The van der Waals surface area contributed by atoms with E-state index < -0.39 is 0 Å². The van der Waals surface area contributed by atoms with Crippen LogP contribution in [0.1, 0.15) is 24.1 Å². The average molecular weight is 301 g/mol. The molecule has 4 nitrogen and oxygen atoms in total. The van der Waals surface area contributed by atoms with Gasteiger partial charge in [-0.3, -0.25) is 4.90 Å². The van der Waals surface area contributed by atoms with E-state index >= 15 is 0 Å². The predicted molar refractivity (Wildman–Crippen MR) is 81.0 cm³/mol. The zero-order valence-corrected chi connectivity index (χ0v) is 12.7. The Hall–Kier alpha value is -0.360. The van der Waals surface area contributed by atoms with Gasteiger partial charge in [-0.1, -0.05) is 22.9 Å². The van der Waals surface area contributed by atoms with Gasteiger partial charge in [-0.05, 0) is 38.3 Å². The summed E-state index contributed by atoms with van der Waals surface area (Å²) >= 11 is 8.06. The Morgan fingerprint density at radius 3 is 2.79 bits per heavy atom. The molecule has 106 valence electrons. The van der Waals surface area contributed by atoms with Gasteiger partial charge in [0.1, 0.15) is 5.15 Å². The first kappa shape index (κ1) is 13.6. The average Bonchev–Trinajstić information content (AvgIpc) is 3.12. The van der Waals surface area contributed by atoms with Crippen molar-refractivity contribution in [2.24, 2.45) is 11.7 Å². The summed E-state index contributed by atoms with van der Waals surface area (Å²) in [7, 11) is 0. The Labute approximate surface area is 123 Å². The smallest absolute Gasteiger partial charge is 0.187 e. The van der Waals surface area contributed by atoms with E-state index in [1.165, 1.54) is 24.1 Å². The molecule has 2 aliphatic heterocycles. The standard InChI is InChI=1S/C13H21ClN4S/c14-12-11(9-17-6-3-10(7-15)8-17)19-13(16-12)18-4-1-2-5-18/h10H,1-9,15H2. The van der Waals surface area contributed by atoms with Gasteiger partial charge in [0, 0.05) is 26.2 Å². The van der Waals surface area contributed by atoms with Crippen molar-refractivity contribution in [1.29, 1.82) is 0 Å². The van der Waals surface area contributed by atoms with E-state index in [0.717, 1.165) is 44.4 Å². The molecular formula is C13H21ClN4S. The molecule has 0 spiro atoms. The first-order chi connectivity index (χ1) is 9.26. The van der Waals surface area contributed by atoms with Crippen LogP contribution < -0.4 is 10.6 Å². The molecule has 19 heavy (non-hydrogen) atoms. The second-order valence-electron chi connectivity index (χ2n) is 5.53. The number of anilines is 1. The summed E-state index contributed by atoms with van der Waals surface area (Å²) in [5.74, 6) is 0.657. The number of hydrogen-bond donors (Lipinski definition) is 1. The third kappa shape index (κ3) is 3.05. The maximum atomic E-state index is 6.29. The molecule has 1 aromatic rings. The summed E-state index contributed by atoms with van der Waals surface area (Å²) in [6.07, 6.45) is 3.76. The fourth-order valence-corrected chi connectivity index (χ4v) is 4.27. The van der Waals surface area contributed by atoms with Crippen LogP contribution in [-0.4, -0.2) is 42.6 Å². The molecule has 2 aliphatic rings. The lowest BCUT2D eigenvalue weighted by Gasteiger charge is -2.14. The lowest BCUT2D eigenvalue weighted by atomic mass is 10.1. The Kier molecular flexibility index (Phi) is 4.27. The molecule has 6 heteroatoms. The minimum atomic E-state index is 0.657. The quantitative estimate of drug-likeness (QED) is 0.926. The molecule has 2 saturated heterocycles. The molecule has 3 heterocycles. The number of hydrogen-bond acceptors (Lipinski definition) is 5. The van der Waals surface area contributed by atoms with Crippen LogP contribution in [0.4, 0.5) is 5.13 Å².